The summed E-state index contributed by atoms with van der Waals surface area (Å²) >= 11 is 1.97. The van der Waals surface area contributed by atoms with E-state index in [1.807, 2.05) is 28.7 Å². The fourth-order valence-electron chi connectivity index (χ4n) is 2.23. The fraction of sp³-hybridized carbons (Fsp3) is 0.111. The van der Waals surface area contributed by atoms with Crippen LogP contribution in [0.3, 0.4) is 0 Å². The maximum atomic E-state index is 10.9. The molecule has 1 N–H and O–H groups in total. The van der Waals surface area contributed by atoms with Crippen molar-refractivity contribution in [3.05, 3.63) is 61.2 Å². The van der Waals surface area contributed by atoms with Crippen LogP contribution >= 0.6 is 22.6 Å². The van der Waals surface area contributed by atoms with Crippen molar-refractivity contribution < 1.29 is 24.3 Å². The van der Waals surface area contributed by atoms with Crippen LogP contribution in [0.5, 0.6) is 11.5 Å². The van der Waals surface area contributed by atoms with Gasteiger partial charge in [0.15, 0.2) is 18.1 Å². The van der Waals surface area contributed by atoms with Gasteiger partial charge in [0.05, 0.1) is 27.2 Å². The number of hydrogen-bond acceptors (Lipinski definition) is 6. The number of nitro groups is 1. The number of nitro benzene ring substituents is 1. The van der Waals surface area contributed by atoms with E-state index < -0.39 is 17.5 Å². The highest BCUT2D eigenvalue weighted by Gasteiger charge is 2.14. The van der Waals surface area contributed by atoms with Gasteiger partial charge in [-0.2, -0.15) is 5.26 Å². The molecule has 0 aliphatic rings. The highest BCUT2D eigenvalue weighted by molar-refractivity contribution is 14.1. The average molecular weight is 480 g/mol. The summed E-state index contributed by atoms with van der Waals surface area (Å²) in [5.41, 5.74) is 1.13. The lowest BCUT2D eigenvalue weighted by Gasteiger charge is -2.12. The number of rotatable bonds is 7. The minimum absolute atomic E-state index is 0.113. The number of methoxy groups -OCH3 is 1. The van der Waals surface area contributed by atoms with Gasteiger partial charge >= 0.3 is 5.97 Å². The summed E-state index contributed by atoms with van der Waals surface area (Å²) in [6, 6.07) is 11.1. The van der Waals surface area contributed by atoms with Crippen LogP contribution < -0.4 is 9.47 Å². The van der Waals surface area contributed by atoms with Crippen molar-refractivity contribution in [2.24, 2.45) is 0 Å². The number of carbonyl (C=O) groups is 1. The molecule has 0 radical (unpaired) electrons. The molecule has 0 atom stereocenters. The van der Waals surface area contributed by atoms with Gasteiger partial charge in [-0.1, -0.05) is 12.1 Å². The maximum absolute atomic E-state index is 10.9. The molecule has 27 heavy (non-hydrogen) atoms. The van der Waals surface area contributed by atoms with Crippen molar-refractivity contribution in [3.8, 4) is 17.6 Å². The highest BCUT2D eigenvalue weighted by atomic mass is 127. The SMILES string of the molecule is COc1cc(C=C(C#N)c2cccc([N+](=O)[O-])c2)cc(I)c1OCC(=O)O. The summed E-state index contributed by atoms with van der Waals surface area (Å²) in [6.07, 6.45) is 1.56. The highest BCUT2D eigenvalue weighted by Crippen LogP contribution is 2.35. The topological polar surface area (TPSA) is 123 Å². The predicted octanol–water partition coefficient (Wildman–Crippen LogP) is 3.74. The standard InChI is InChI=1S/C18H13IN2O6/c1-26-16-7-11(6-15(19)18(16)27-10-17(22)23)5-13(9-20)12-3-2-4-14(8-12)21(24)25/h2-8H,10H2,1H3,(H,22,23). The number of ether oxygens (including phenoxy) is 2. The van der Waals surface area contributed by atoms with E-state index in [-0.39, 0.29) is 17.0 Å². The van der Waals surface area contributed by atoms with Gasteiger partial charge in [-0.15, -0.1) is 0 Å². The molecule has 0 saturated heterocycles. The molecule has 8 nitrogen and oxygen atoms in total. The van der Waals surface area contributed by atoms with Gasteiger partial charge < -0.3 is 14.6 Å². The molecule has 2 aromatic rings. The van der Waals surface area contributed by atoms with Gasteiger partial charge in [0.25, 0.3) is 5.69 Å². The number of halogens is 1. The summed E-state index contributed by atoms with van der Waals surface area (Å²) in [6.45, 7) is -0.515. The van der Waals surface area contributed by atoms with E-state index in [1.54, 1.807) is 24.3 Å². The molecule has 0 amide bonds. The Labute approximate surface area is 167 Å². The Morgan fingerprint density at radius 1 is 1.41 bits per heavy atom. The number of aliphatic carboxylic acids is 1. The first-order chi connectivity index (χ1) is 12.8. The lowest BCUT2D eigenvalue weighted by Crippen LogP contribution is -2.11. The van der Waals surface area contributed by atoms with Crippen molar-refractivity contribution in [1.82, 2.24) is 0 Å². The van der Waals surface area contributed by atoms with Crippen LogP contribution in [-0.4, -0.2) is 29.7 Å². The normalized spacial score (nSPS) is 10.8. The number of nitriles is 1. The van der Waals surface area contributed by atoms with Gasteiger partial charge in [0.1, 0.15) is 0 Å². The Kier molecular flexibility index (Phi) is 6.73. The smallest absolute Gasteiger partial charge is 0.341 e. The fourth-order valence-corrected chi connectivity index (χ4v) is 3.01. The van der Waals surface area contributed by atoms with Crippen LogP contribution in [0.2, 0.25) is 0 Å². The number of carboxylic acid groups (broad SMARTS) is 1. The first-order valence-electron chi connectivity index (χ1n) is 7.44. The molecule has 0 aliphatic heterocycles. The number of allylic oxidation sites excluding steroid dienone is 1. The quantitative estimate of drug-likeness (QED) is 0.211. The largest absolute Gasteiger partial charge is 0.493 e. The number of nitrogens with zero attached hydrogens (tertiary/aromatic N) is 2. The van der Waals surface area contributed by atoms with E-state index in [1.165, 1.54) is 25.3 Å². The van der Waals surface area contributed by atoms with Crippen molar-refractivity contribution in [3.63, 3.8) is 0 Å². The summed E-state index contributed by atoms with van der Waals surface area (Å²) < 4.78 is 11.1. The van der Waals surface area contributed by atoms with Crippen molar-refractivity contribution >= 4 is 45.9 Å². The molecule has 0 heterocycles. The zero-order chi connectivity index (χ0) is 20.0. The maximum Gasteiger partial charge on any atom is 0.341 e. The molecule has 9 heteroatoms. The lowest BCUT2D eigenvalue weighted by atomic mass is 10.0. The van der Waals surface area contributed by atoms with Crippen molar-refractivity contribution in [1.29, 1.82) is 5.26 Å². The van der Waals surface area contributed by atoms with Crippen LogP contribution in [0, 0.1) is 25.0 Å². The molecular formula is C18H13IN2O6. The Hall–Kier alpha value is -3.13. The zero-order valence-electron chi connectivity index (χ0n) is 14.0. The molecule has 0 spiro atoms. The Morgan fingerprint density at radius 3 is 2.74 bits per heavy atom. The van der Waals surface area contributed by atoms with Crippen LogP contribution in [0.1, 0.15) is 11.1 Å². The van der Waals surface area contributed by atoms with E-state index in [2.05, 4.69) is 0 Å². The summed E-state index contributed by atoms with van der Waals surface area (Å²) in [7, 11) is 1.41. The second-order valence-electron chi connectivity index (χ2n) is 5.19. The Morgan fingerprint density at radius 2 is 2.15 bits per heavy atom. The van der Waals surface area contributed by atoms with Gasteiger partial charge in [0, 0.05) is 12.1 Å². The van der Waals surface area contributed by atoms with Gasteiger partial charge in [-0.25, -0.2) is 4.79 Å². The zero-order valence-corrected chi connectivity index (χ0v) is 16.2. The summed E-state index contributed by atoms with van der Waals surface area (Å²) in [4.78, 5) is 21.1. The minimum atomic E-state index is -1.12. The van der Waals surface area contributed by atoms with Crippen LogP contribution in [0.25, 0.3) is 11.6 Å². The number of hydrogen-bond donors (Lipinski definition) is 1. The molecule has 2 aromatic carbocycles. The van der Waals surface area contributed by atoms with E-state index in [0.29, 0.717) is 20.4 Å². The van der Waals surface area contributed by atoms with Gasteiger partial charge in [-0.05, 0) is 51.9 Å². The third-order valence-electron chi connectivity index (χ3n) is 3.39. The number of benzene rings is 2. The van der Waals surface area contributed by atoms with Gasteiger partial charge in [-0.3, -0.25) is 10.1 Å². The van der Waals surface area contributed by atoms with E-state index in [4.69, 9.17) is 14.6 Å². The Balaban J connectivity index is 2.45. The number of non-ortho nitro benzene ring substituents is 1. The van der Waals surface area contributed by atoms with Crippen LogP contribution in [0.4, 0.5) is 5.69 Å². The van der Waals surface area contributed by atoms with E-state index >= 15 is 0 Å². The third-order valence-corrected chi connectivity index (χ3v) is 4.19. The molecular weight excluding hydrogens is 467 g/mol. The summed E-state index contributed by atoms with van der Waals surface area (Å²) in [5.74, 6) is -0.522. The molecule has 0 bridgehead atoms. The molecule has 0 unspecified atom stereocenters. The second kappa shape index (κ2) is 9.00. The number of carboxylic acids is 1. The third kappa shape index (κ3) is 5.18. The van der Waals surface area contributed by atoms with Gasteiger partial charge in [0.2, 0.25) is 0 Å². The van der Waals surface area contributed by atoms with E-state index in [9.17, 15) is 20.2 Å². The first-order valence-corrected chi connectivity index (χ1v) is 8.52. The average Bonchev–Trinajstić information content (AvgIpc) is 2.64. The van der Waals surface area contributed by atoms with Crippen LogP contribution in [0.15, 0.2) is 36.4 Å². The van der Waals surface area contributed by atoms with Crippen LogP contribution in [-0.2, 0) is 4.79 Å². The molecule has 0 saturated carbocycles. The molecule has 0 fully saturated rings. The first kappa shape index (κ1) is 20.2. The predicted molar refractivity (Wildman–Crippen MR) is 105 cm³/mol. The molecule has 138 valence electrons. The molecule has 0 aromatic heterocycles. The second-order valence-corrected chi connectivity index (χ2v) is 6.36. The summed E-state index contributed by atoms with van der Waals surface area (Å²) in [5, 5.41) is 29.1. The van der Waals surface area contributed by atoms with Crippen molar-refractivity contribution in [2.75, 3.05) is 13.7 Å². The Bertz CT molecular complexity index is 965. The minimum Gasteiger partial charge on any atom is -0.493 e. The lowest BCUT2D eigenvalue weighted by molar-refractivity contribution is -0.384. The van der Waals surface area contributed by atoms with Crippen molar-refractivity contribution in [2.45, 2.75) is 0 Å². The molecule has 0 aliphatic carbocycles. The van der Waals surface area contributed by atoms with E-state index in [0.717, 1.165) is 0 Å². The molecule has 2 rings (SSSR count). The monoisotopic (exact) mass is 480 g/mol.